The molecule has 0 saturated heterocycles. The maximum absolute atomic E-state index is 3.79. The Balaban J connectivity index is 2.16. The molecular formula is C17H36N2. The molecule has 0 aromatic heterocycles. The van der Waals surface area contributed by atoms with Crippen LogP contribution in [0.4, 0.5) is 0 Å². The number of nitrogens with zero attached hydrogens (tertiary/aromatic N) is 1. The Morgan fingerprint density at radius 1 is 1.16 bits per heavy atom. The van der Waals surface area contributed by atoms with Gasteiger partial charge >= 0.3 is 0 Å². The summed E-state index contributed by atoms with van der Waals surface area (Å²) in [4.78, 5) is 2.48. The Morgan fingerprint density at radius 2 is 1.95 bits per heavy atom. The van der Waals surface area contributed by atoms with Crippen molar-refractivity contribution in [3.05, 3.63) is 0 Å². The Bertz CT molecular complexity index is 217. The quantitative estimate of drug-likeness (QED) is 0.668. The molecule has 1 aliphatic rings. The fourth-order valence-corrected chi connectivity index (χ4v) is 3.26. The molecule has 114 valence electrons. The van der Waals surface area contributed by atoms with Crippen molar-refractivity contribution >= 4 is 0 Å². The highest BCUT2D eigenvalue weighted by molar-refractivity contribution is 4.75. The first-order valence-corrected chi connectivity index (χ1v) is 8.60. The van der Waals surface area contributed by atoms with Gasteiger partial charge in [-0.15, -0.1) is 0 Å². The average molecular weight is 268 g/mol. The van der Waals surface area contributed by atoms with E-state index in [1.807, 2.05) is 0 Å². The molecule has 0 aliphatic heterocycles. The van der Waals surface area contributed by atoms with Crippen LogP contribution >= 0.6 is 0 Å². The number of hydrogen-bond donors (Lipinski definition) is 1. The van der Waals surface area contributed by atoms with E-state index in [2.05, 4.69) is 38.0 Å². The molecule has 19 heavy (non-hydrogen) atoms. The molecule has 0 aromatic carbocycles. The predicted octanol–water partition coefficient (Wildman–Crippen LogP) is 4.06. The van der Waals surface area contributed by atoms with Crippen molar-refractivity contribution in [2.24, 2.45) is 5.92 Å². The molecule has 1 N–H and O–H groups in total. The summed E-state index contributed by atoms with van der Waals surface area (Å²) in [6, 6.07) is 1.50. The largest absolute Gasteiger partial charge is 0.313 e. The molecule has 0 radical (unpaired) electrons. The van der Waals surface area contributed by atoms with E-state index in [0.717, 1.165) is 18.5 Å². The number of nitrogens with one attached hydrogen (secondary N) is 1. The summed E-state index contributed by atoms with van der Waals surface area (Å²) in [6.07, 6.45) is 11.2. The fraction of sp³-hybridized carbons (Fsp3) is 1.00. The lowest BCUT2D eigenvalue weighted by molar-refractivity contribution is 0.246. The van der Waals surface area contributed by atoms with Crippen LogP contribution in [-0.4, -0.2) is 37.1 Å². The molecule has 0 bridgehead atoms. The lowest BCUT2D eigenvalue weighted by Gasteiger charge is -2.25. The molecule has 0 amide bonds. The molecule has 1 fully saturated rings. The van der Waals surface area contributed by atoms with Gasteiger partial charge in [-0.1, -0.05) is 39.5 Å². The van der Waals surface area contributed by atoms with Crippen molar-refractivity contribution in [2.45, 2.75) is 84.2 Å². The summed E-state index contributed by atoms with van der Waals surface area (Å²) < 4.78 is 0. The standard InChI is InChI=1S/C17H36N2/c1-5-8-16-9-7-10-17(12-11-16)18-13-14-19(4)15(3)6-2/h15-18H,5-14H2,1-4H3. The number of hydrogen-bond acceptors (Lipinski definition) is 2. The summed E-state index contributed by atoms with van der Waals surface area (Å²) in [5.74, 6) is 1.01. The van der Waals surface area contributed by atoms with Gasteiger partial charge in [-0.3, -0.25) is 0 Å². The van der Waals surface area contributed by atoms with E-state index in [1.54, 1.807) is 0 Å². The van der Waals surface area contributed by atoms with E-state index in [4.69, 9.17) is 0 Å². The maximum Gasteiger partial charge on any atom is 0.0107 e. The molecule has 1 saturated carbocycles. The van der Waals surface area contributed by atoms with Crippen LogP contribution in [0.25, 0.3) is 0 Å². The smallest absolute Gasteiger partial charge is 0.0107 e. The van der Waals surface area contributed by atoms with Crippen LogP contribution in [0.5, 0.6) is 0 Å². The second-order valence-electron chi connectivity index (χ2n) is 6.55. The normalized spacial score (nSPS) is 26.4. The Morgan fingerprint density at radius 3 is 2.63 bits per heavy atom. The third kappa shape index (κ3) is 6.76. The lowest BCUT2D eigenvalue weighted by Crippen LogP contribution is -2.38. The van der Waals surface area contributed by atoms with E-state index >= 15 is 0 Å². The molecule has 1 rings (SSSR count). The fourth-order valence-electron chi connectivity index (χ4n) is 3.26. The van der Waals surface area contributed by atoms with Gasteiger partial charge in [-0.05, 0) is 45.6 Å². The van der Waals surface area contributed by atoms with Crippen LogP contribution in [0.2, 0.25) is 0 Å². The molecule has 3 atom stereocenters. The van der Waals surface area contributed by atoms with Crippen molar-refractivity contribution in [2.75, 3.05) is 20.1 Å². The van der Waals surface area contributed by atoms with E-state index < -0.39 is 0 Å². The summed E-state index contributed by atoms with van der Waals surface area (Å²) in [5, 5.41) is 3.79. The predicted molar refractivity (Wildman–Crippen MR) is 85.7 cm³/mol. The van der Waals surface area contributed by atoms with Gasteiger partial charge in [-0.25, -0.2) is 0 Å². The third-order valence-electron chi connectivity index (χ3n) is 5.03. The van der Waals surface area contributed by atoms with Gasteiger partial charge in [0.15, 0.2) is 0 Å². The Labute approximate surface area is 121 Å². The van der Waals surface area contributed by atoms with Gasteiger partial charge in [0.2, 0.25) is 0 Å². The number of likely N-dealkylation sites (N-methyl/N-ethyl adjacent to an activating group) is 1. The summed E-state index contributed by atoms with van der Waals surface area (Å²) in [6.45, 7) is 9.26. The van der Waals surface area contributed by atoms with Crippen LogP contribution in [-0.2, 0) is 0 Å². The molecular weight excluding hydrogens is 232 g/mol. The highest BCUT2D eigenvalue weighted by atomic mass is 15.1. The topological polar surface area (TPSA) is 15.3 Å². The molecule has 2 nitrogen and oxygen atoms in total. The minimum atomic E-state index is 0.713. The average Bonchev–Trinajstić information content (AvgIpc) is 2.64. The van der Waals surface area contributed by atoms with Crippen LogP contribution in [0.3, 0.4) is 0 Å². The molecule has 0 aromatic rings. The van der Waals surface area contributed by atoms with Crippen LogP contribution in [0.15, 0.2) is 0 Å². The zero-order valence-corrected chi connectivity index (χ0v) is 13.8. The van der Waals surface area contributed by atoms with Crippen LogP contribution in [0.1, 0.15) is 72.1 Å². The summed E-state index contributed by atoms with van der Waals surface area (Å²) in [7, 11) is 2.25. The van der Waals surface area contributed by atoms with Crippen molar-refractivity contribution in [1.29, 1.82) is 0 Å². The molecule has 3 unspecified atom stereocenters. The molecule has 2 heteroatoms. The minimum absolute atomic E-state index is 0.713. The van der Waals surface area contributed by atoms with Gasteiger partial charge in [0, 0.05) is 25.2 Å². The zero-order chi connectivity index (χ0) is 14.1. The van der Waals surface area contributed by atoms with E-state index in [9.17, 15) is 0 Å². The molecule has 1 aliphatic carbocycles. The lowest BCUT2D eigenvalue weighted by atomic mass is 9.95. The monoisotopic (exact) mass is 268 g/mol. The maximum atomic E-state index is 3.79. The van der Waals surface area contributed by atoms with Crippen molar-refractivity contribution < 1.29 is 0 Å². The van der Waals surface area contributed by atoms with Gasteiger partial charge < -0.3 is 10.2 Å². The van der Waals surface area contributed by atoms with Crippen LogP contribution < -0.4 is 5.32 Å². The second-order valence-corrected chi connectivity index (χ2v) is 6.55. The van der Waals surface area contributed by atoms with E-state index in [-0.39, 0.29) is 0 Å². The SMILES string of the molecule is CCCC1CCCC(NCCN(C)C(C)CC)CC1. The highest BCUT2D eigenvalue weighted by Crippen LogP contribution is 2.26. The van der Waals surface area contributed by atoms with Gasteiger partial charge in [0.05, 0.1) is 0 Å². The third-order valence-corrected chi connectivity index (χ3v) is 5.03. The highest BCUT2D eigenvalue weighted by Gasteiger charge is 2.18. The first-order valence-electron chi connectivity index (χ1n) is 8.60. The minimum Gasteiger partial charge on any atom is -0.313 e. The first kappa shape index (κ1) is 17.0. The van der Waals surface area contributed by atoms with Crippen molar-refractivity contribution in [1.82, 2.24) is 10.2 Å². The molecule has 0 spiro atoms. The molecule has 0 heterocycles. The van der Waals surface area contributed by atoms with Gasteiger partial charge in [0.1, 0.15) is 0 Å². The Kier molecular flexibility index (Phi) is 8.72. The second kappa shape index (κ2) is 9.77. The Hall–Kier alpha value is -0.0800. The summed E-state index contributed by atoms with van der Waals surface area (Å²) >= 11 is 0. The van der Waals surface area contributed by atoms with E-state index in [1.165, 1.54) is 57.9 Å². The van der Waals surface area contributed by atoms with Crippen molar-refractivity contribution in [3.63, 3.8) is 0 Å². The summed E-state index contributed by atoms with van der Waals surface area (Å²) in [5.41, 5.74) is 0. The van der Waals surface area contributed by atoms with Gasteiger partial charge in [-0.2, -0.15) is 0 Å². The van der Waals surface area contributed by atoms with Crippen molar-refractivity contribution in [3.8, 4) is 0 Å². The van der Waals surface area contributed by atoms with E-state index in [0.29, 0.717) is 6.04 Å². The van der Waals surface area contributed by atoms with Gasteiger partial charge in [0.25, 0.3) is 0 Å². The first-order chi connectivity index (χ1) is 9.17. The zero-order valence-electron chi connectivity index (χ0n) is 13.8. The number of rotatable bonds is 8. The van der Waals surface area contributed by atoms with Crippen LogP contribution in [0, 0.1) is 5.92 Å².